The third-order valence-electron chi connectivity index (χ3n) is 7.67. The Hall–Kier alpha value is -0.860. The van der Waals surface area contributed by atoms with Crippen molar-refractivity contribution in [3.05, 3.63) is 35.4 Å². The smallest absolute Gasteiger partial charge is 0.0870 e. The second kappa shape index (κ2) is 10.8. The van der Waals surface area contributed by atoms with E-state index >= 15 is 0 Å². The molecule has 2 N–H and O–H groups in total. The highest BCUT2D eigenvalue weighted by Gasteiger charge is 2.42. The maximum atomic E-state index is 10.9. The second-order valence-electron chi connectivity index (χ2n) is 9.60. The van der Waals surface area contributed by atoms with Crippen LogP contribution in [0.3, 0.4) is 0 Å². The largest absolute Gasteiger partial charge is 0.390 e. The highest BCUT2D eigenvalue weighted by atomic mass is 16.3. The summed E-state index contributed by atoms with van der Waals surface area (Å²) in [5.74, 6) is 1.90. The highest BCUT2D eigenvalue weighted by Crippen LogP contribution is 2.44. The van der Waals surface area contributed by atoms with Gasteiger partial charge in [0.05, 0.1) is 12.2 Å². The predicted molar refractivity (Wildman–Crippen MR) is 118 cm³/mol. The zero-order chi connectivity index (χ0) is 19.9. The van der Waals surface area contributed by atoms with Gasteiger partial charge in [-0.1, -0.05) is 83.1 Å². The monoisotopic (exact) mass is 386 g/mol. The normalized spacial score (nSPS) is 33.7. The Bertz CT molecular complexity index is 558. The van der Waals surface area contributed by atoms with Crippen LogP contribution in [-0.2, 0) is 6.42 Å². The predicted octanol–water partition coefficient (Wildman–Crippen LogP) is 6.24. The average molecular weight is 387 g/mol. The summed E-state index contributed by atoms with van der Waals surface area (Å²) >= 11 is 0. The van der Waals surface area contributed by atoms with Crippen molar-refractivity contribution in [3.8, 4) is 0 Å². The van der Waals surface area contributed by atoms with E-state index in [9.17, 15) is 10.2 Å². The molecule has 0 bridgehead atoms. The van der Waals surface area contributed by atoms with Crippen LogP contribution in [-0.4, -0.2) is 22.4 Å². The number of aliphatic hydroxyl groups excluding tert-OH is 2. The summed E-state index contributed by atoms with van der Waals surface area (Å²) in [4.78, 5) is 0. The van der Waals surface area contributed by atoms with Gasteiger partial charge >= 0.3 is 0 Å². The lowest BCUT2D eigenvalue weighted by atomic mass is 9.65. The fourth-order valence-corrected chi connectivity index (χ4v) is 5.89. The molecule has 0 radical (unpaired) electrons. The summed E-state index contributed by atoms with van der Waals surface area (Å²) < 4.78 is 0. The van der Waals surface area contributed by atoms with Gasteiger partial charge < -0.3 is 10.2 Å². The van der Waals surface area contributed by atoms with Crippen LogP contribution in [0, 0.1) is 17.8 Å². The number of benzene rings is 1. The van der Waals surface area contributed by atoms with Crippen LogP contribution in [0.2, 0.25) is 0 Å². The van der Waals surface area contributed by atoms with Crippen LogP contribution in [0.25, 0.3) is 0 Å². The van der Waals surface area contributed by atoms with Gasteiger partial charge in [0.1, 0.15) is 0 Å². The number of unbranched alkanes of at least 4 members (excludes halogenated alkanes) is 2. The van der Waals surface area contributed by atoms with Gasteiger partial charge in [-0.2, -0.15) is 0 Å². The minimum absolute atomic E-state index is 0.0901. The third kappa shape index (κ3) is 5.39. The van der Waals surface area contributed by atoms with E-state index in [1.807, 2.05) is 0 Å². The molecule has 2 aliphatic rings. The molecule has 2 saturated carbocycles. The molecule has 4 unspecified atom stereocenters. The minimum Gasteiger partial charge on any atom is -0.390 e. The molecular formula is C26H42O2. The van der Waals surface area contributed by atoms with Crippen molar-refractivity contribution in [1.29, 1.82) is 0 Å². The van der Waals surface area contributed by atoms with E-state index in [0.29, 0.717) is 11.8 Å². The molecule has 0 spiro atoms. The summed E-state index contributed by atoms with van der Waals surface area (Å²) in [6.07, 6.45) is 13.8. The maximum Gasteiger partial charge on any atom is 0.0870 e. The third-order valence-corrected chi connectivity index (χ3v) is 7.67. The van der Waals surface area contributed by atoms with Gasteiger partial charge in [-0.05, 0) is 61.0 Å². The van der Waals surface area contributed by atoms with Crippen molar-refractivity contribution in [1.82, 2.24) is 0 Å². The van der Waals surface area contributed by atoms with E-state index in [4.69, 9.17) is 0 Å². The molecule has 1 aromatic carbocycles. The van der Waals surface area contributed by atoms with Gasteiger partial charge in [-0.3, -0.25) is 0 Å². The lowest BCUT2D eigenvalue weighted by molar-refractivity contribution is -0.0790. The van der Waals surface area contributed by atoms with Crippen LogP contribution in [0.15, 0.2) is 24.3 Å². The molecule has 2 fully saturated rings. The molecule has 3 rings (SSSR count). The molecule has 28 heavy (non-hydrogen) atoms. The van der Waals surface area contributed by atoms with Crippen LogP contribution in [0.1, 0.15) is 102 Å². The Morgan fingerprint density at radius 2 is 1.50 bits per heavy atom. The molecule has 0 aromatic heterocycles. The molecule has 4 atom stereocenters. The number of rotatable bonds is 8. The van der Waals surface area contributed by atoms with Gasteiger partial charge in [-0.25, -0.2) is 0 Å². The first kappa shape index (κ1) is 21.8. The highest BCUT2D eigenvalue weighted by molar-refractivity contribution is 5.27. The fraction of sp³-hybridized carbons (Fsp3) is 0.769. The van der Waals surface area contributed by atoms with Gasteiger partial charge in [0.15, 0.2) is 0 Å². The lowest BCUT2D eigenvalue weighted by Gasteiger charge is -2.43. The first-order valence-electron chi connectivity index (χ1n) is 12.1. The number of hydrogen-bond donors (Lipinski definition) is 2. The van der Waals surface area contributed by atoms with Crippen molar-refractivity contribution in [2.24, 2.45) is 17.8 Å². The van der Waals surface area contributed by atoms with Crippen LogP contribution in [0.5, 0.6) is 0 Å². The molecule has 2 heteroatoms. The standard InChI is InChI=1S/C26H42O2/c1-3-5-6-8-20-11-15-22(16-12-20)24-18-17-23(25(27)26(24)28)21-13-9-19(7-4-2)10-14-21/h9-10,13-14,20,22-28H,3-8,11-12,15-18H2,1-2H3. The molecule has 0 aliphatic heterocycles. The molecule has 1 aromatic rings. The molecule has 2 aliphatic carbocycles. The number of hydrogen-bond acceptors (Lipinski definition) is 2. The van der Waals surface area contributed by atoms with Crippen molar-refractivity contribution >= 4 is 0 Å². The zero-order valence-electron chi connectivity index (χ0n) is 18.2. The Morgan fingerprint density at radius 3 is 2.14 bits per heavy atom. The van der Waals surface area contributed by atoms with Gasteiger partial charge in [-0.15, -0.1) is 0 Å². The van der Waals surface area contributed by atoms with Crippen LogP contribution >= 0.6 is 0 Å². The number of aliphatic hydroxyl groups is 2. The Labute approximate surface area is 172 Å². The Morgan fingerprint density at radius 1 is 0.786 bits per heavy atom. The van der Waals surface area contributed by atoms with Gasteiger partial charge in [0.2, 0.25) is 0 Å². The lowest BCUT2D eigenvalue weighted by Crippen LogP contribution is -2.45. The Kier molecular flexibility index (Phi) is 8.41. The SMILES string of the molecule is CCCCCC1CCC(C2CCC(c3ccc(CCC)cc3)C(O)C2O)CC1. The minimum atomic E-state index is -0.613. The van der Waals surface area contributed by atoms with Crippen molar-refractivity contribution < 1.29 is 10.2 Å². The van der Waals surface area contributed by atoms with E-state index in [-0.39, 0.29) is 5.92 Å². The van der Waals surface area contributed by atoms with Crippen LogP contribution in [0.4, 0.5) is 0 Å². The summed E-state index contributed by atoms with van der Waals surface area (Å²) in [5.41, 5.74) is 2.56. The zero-order valence-corrected chi connectivity index (χ0v) is 18.2. The van der Waals surface area contributed by atoms with Gasteiger partial charge in [0, 0.05) is 5.92 Å². The average Bonchev–Trinajstić information content (AvgIpc) is 2.72. The second-order valence-corrected chi connectivity index (χ2v) is 9.60. The first-order valence-corrected chi connectivity index (χ1v) is 12.1. The van der Waals surface area contributed by atoms with E-state index < -0.39 is 12.2 Å². The molecular weight excluding hydrogens is 344 g/mol. The molecule has 0 saturated heterocycles. The molecule has 0 amide bonds. The molecule has 0 heterocycles. The summed E-state index contributed by atoms with van der Waals surface area (Å²) in [7, 11) is 0. The topological polar surface area (TPSA) is 40.5 Å². The fourth-order valence-electron chi connectivity index (χ4n) is 5.89. The first-order chi connectivity index (χ1) is 13.6. The maximum absolute atomic E-state index is 10.9. The summed E-state index contributed by atoms with van der Waals surface area (Å²) in [5, 5.41) is 21.9. The number of aryl methyl sites for hydroxylation is 1. The molecule has 2 nitrogen and oxygen atoms in total. The van der Waals surface area contributed by atoms with Crippen molar-refractivity contribution in [2.45, 2.75) is 109 Å². The summed E-state index contributed by atoms with van der Waals surface area (Å²) in [6.45, 7) is 4.48. The quantitative estimate of drug-likeness (QED) is 0.519. The van der Waals surface area contributed by atoms with Crippen molar-refractivity contribution in [3.63, 3.8) is 0 Å². The van der Waals surface area contributed by atoms with E-state index in [2.05, 4.69) is 38.1 Å². The van der Waals surface area contributed by atoms with Gasteiger partial charge in [0.25, 0.3) is 0 Å². The van der Waals surface area contributed by atoms with Crippen LogP contribution < -0.4 is 0 Å². The Balaban J connectivity index is 1.52. The van der Waals surface area contributed by atoms with E-state index in [1.165, 1.54) is 62.5 Å². The summed E-state index contributed by atoms with van der Waals surface area (Å²) in [6, 6.07) is 8.74. The van der Waals surface area contributed by atoms with Crippen molar-refractivity contribution in [2.75, 3.05) is 0 Å². The van der Waals surface area contributed by atoms with E-state index in [0.717, 1.165) is 31.6 Å². The molecule has 158 valence electrons. The van der Waals surface area contributed by atoms with E-state index in [1.54, 1.807) is 0 Å².